The number of hydrogen-bond donors (Lipinski definition) is 3. The van der Waals surface area contributed by atoms with E-state index in [-0.39, 0.29) is 0 Å². The minimum atomic E-state index is -1.79. The molecule has 9 heteroatoms. The fourth-order valence-corrected chi connectivity index (χ4v) is 2.10. The van der Waals surface area contributed by atoms with Crippen molar-refractivity contribution in [1.82, 2.24) is 0 Å². The van der Waals surface area contributed by atoms with Gasteiger partial charge in [-0.3, -0.25) is 0 Å². The minimum Gasteiger partial charge on any atom is -0.394 e. The van der Waals surface area contributed by atoms with Crippen LogP contribution in [0.25, 0.3) is 0 Å². The molecule has 2 heterocycles. The number of aliphatic hydroxyl groups excluding tert-OH is 3. The molecule has 0 amide bonds. The van der Waals surface area contributed by atoms with Gasteiger partial charge in [0.15, 0.2) is 6.29 Å². The molecule has 0 aromatic heterocycles. The Morgan fingerprint density at radius 3 is 2.29 bits per heavy atom. The molecule has 6 nitrogen and oxygen atoms in total. The molecule has 0 aromatic carbocycles. The van der Waals surface area contributed by atoms with Crippen LogP contribution in [0.15, 0.2) is 0 Å². The van der Waals surface area contributed by atoms with Crippen molar-refractivity contribution in [3.63, 3.8) is 0 Å². The summed E-state index contributed by atoms with van der Waals surface area (Å²) in [5, 5.41) is 28.0. The number of fused-ring (bicyclic) bond motifs is 1. The average Bonchev–Trinajstić information content (AvgIpc) is 2.77. The zero-order valence-corrected chi connectivity index (χ0v) is 10.6. The van der Waals surface area contributed by atoms with E-state index in [4.69, 9.17) is 54.1 Å². The highest BCUT2D eigenvalue weighted by Crippen LogP contribution is 2.42. The molecule has 0 aliphatic carbocycles. The molecule has 0 saturated carbocycles. The van der Waals surface area contributed by atoms with Gasteiger partial charge in [-0.15, -0.1) is 0 Å². The minimum absolute atomic E-state index is 0.547. The van der Waals surface area contributed by atoms with Crippen molar-refractivity contribution in [2.75, 3.05) is 6.61 Å². The van der Waals surface area contributed by atoms with E-state index < -0.39 is 47.4 Å². The Morgan fingerprint density at radius 2 is 1.82 bits per heavy atom. The second-order valence-corrected chi connectivity index (χ2v) is 6.19. The predicted octanol–water partition coefficient (Wildman–Crippen LogP) is -0.463. The second-order valence-electron chi connectivity index (χ2n) is 3.82. The van der Waals surface area contributed by atoms with Gasteiger partial charge >= 0.3 is 0 Å². The maximum absolute atomic E-state index is 9.81. The summed E-state index contributed by atoms with van der Waals surface area (Å²) < 4.78 is 13.8. The van der Waals surface area contributed by atoms with E-state index in [9.17, 15) is 10.2 Å². The van der Waals surface area contributed by atoms with Crippen LogP contribution in [0.4, 0.5) is 0 Å². The molecule has 2 aliphatic heterocycles. The van der Waals surface area contributed by atoms with Crippen molar-refractivity contribution in [2.24, 2.45) is 0 Å². The van der Waals surface area contributed by atoms with Crippen molar-refractivity contribution in [3.8, 4) is 0 Å². The molecule has 100 valence electrons. The molecule has 2 rings (SSSR count). The third-order valence-electron chi connectivity index (χ3n) is 2.60. The first kappa shape index (κ1) is 14.0. The van der Waals surface area contributed by atoms with Gasteiger partial charge in [-0.05, 0) is 0 Å². The highest BCUT2D eigenvalue weighted by Gasteiger charge is 2.57. The maximum Gasteiger partial charge on any atom is 0.241 e. The van der Waals surface area contributed by atoms with Gasteiger partial charge < -0.3 is 29.5 Å². The van der Waals surface area contributed by atoms with E-state index in [0.29, 0.717) is 0 Å². The van der Waals surface area contributed by atoms with Crippen LogP contribution in [-0.2, 0) is 14.2 Å². The lowest BCUT2D eigenvalue weighted by Gasteiger charge is -2.24. The molecule has 6 atom stereocenters. The fourth-order valence-electron chi connectivity index (χ4n) is 1.79. The smallest absolute Gasteiger partial charge is 0.241 e. The third-order valence-corrected chi connectivity index (χ3v) is 3.14. The van der Waals surface area contributed by atoms with Crippen LogP contribution in [0.5, 0.6) is 0 Å². The summed E-state index contributed by atoms with van der Waals surface area (Å²) >= 11 is 16.7. The van der Waals surface area contributed by atoms with Gasteiger partial charge in [0.1, 0.15) is 24.4 Å². The summed E-state index contributed by atoms with van der Waals surface area (Å²) in [7, 11) is 0. The molecular weight excluding hydrogens is 298 g/mol. The third kappa shape index (κ3) is 2.65. The van der Waals surface area contributed by atoms with Crippen molar-refractivity contribution < 1.29 is 29.5 Å². The second kappa shape index (κ2) is 4.96. The zero-order valence-electron chi connectivity index (χ0n) is 8.37. The molecule has 2 fully saturated rings. The first-order valence-corrected chi connectivity index (χ1v) is 5.98. The number of hydrogen-bond acceptors (Lipinski definition) is 6. The Balaban J connectivity index is 2.01. The SMILES string of the molecule is OC[C@@H](O)[C@H]1O[C@@H]2O[C@@H](C(Cl)(Cl)Cl)O[C@@H]2[C@@H]1O. The summed E-state index contributed by atoms with van der Waals surface area (Å²) in [5.74, 6) is 0. The van der Waals surface area contributed by atoms with Crippen LogP contribution < -0.4 is 0 Å². The molecule has 2 aliphatic rings. The van der Waals surface area contributed by atoms with E-state index in [1.165, 1.54) is 0 Å². The topological polar surface area (TPSA) is 88.4 Å². The predicted molar refractivity (Wildman–Crippen MR) is 57.8 cm³/mol. The zero-order chi connectivity index (χ0) is 12.8. The highest BCUT2D eigenvalue weighted by atomic mass is 35.6. The van der Waals surface area contributed by atoms with Crippen molar-refractivity contribution in [1.29, 1.82) is 0 Å². The van der Waals surface area contributed by atoms with Gasteiger partial charge in [0.25, 0.3) is 0 Å². The fraction of sp³-hybridized carbons (Fsp3) is 1.00. The van der Waals surface area contributed by atoms with Crippen molar-refractivity contribution in [3.05, 3.63) is 0 Å². The number of ether oxygens (including phenoxy) is 3. The quantitative estimate of drug-likeness (QED) is 0.598. The number of rotatable bonds is 2. The molecule has 0 radical (unpaired) electrons. The van der Waals surface area contributed by atoms with E-state index >= 15 is 0 Å². The van der Waals surface area contributed by atoms with E-state index in [1.807, 2.05) is 0 Å². The summed E-state index contributed by atoms with van der Waals surface area (Å²) in [6, 6.07) is 0. The first-order chi connectivity index (χ1) is 7.84. The Morgan fingerprint density at radius 1 is 1.18 bits per heavy atom. The summed E-state index contributed by atoms with van der Waals surface area (Å²) in [4.78, 5) is 0. The molecule has 2 saturated heterocycles. The van der Waals surface area contributed by atoms with Gasteiger partial charge in [0.05, 0.1) is 6.61 Å². The Bertz CT molecular complexity index is 285. The van der Waals surface area contributed by atoms with Gasteiger partial charge in [0, 0.05) is 0 Å². The lowest BCUT2D eigenvalue weighted by atomic mass is 10.1. The first-order valence-electron chi connectivity index (χ1n) is 4.84. The van der Waals surface area contributed by atoms with Crippen LogP contribution in [0.1, 0.15) is 0 Å². The van der Waals surface area contributed by atoms with Crippen LogP contribution in [0.2, 0.25) is 0 Å². The number of alkyl halides is 3. The van der Waals surface area contributed by atoms with Crippen LogP contribution >= 0.6 is 34.8 Å². The summed E-state index contributed by atoms with van der Waals surface area (Å²) in [6.45, 7) is -0.547. The lowest BCUT2D eigenvalue weighted by Crippen LogP contribution is -2.42. The Hall–Kier alpha value is 0.630. The van der Waals surface area contributed by atoms with Crippen molar-refractivity contribution in [2.45, 2.75) is 40.8 Å². The van der Waals surface area contributed by atoms with E-state index in [1.54, 1.807) is 0 Å². The van der Waals surface area contributed by atoms with Crippen LogP contribution in [-0.4, -0.2) is 62.7 Å². The molecule has 17 heavy (non-hydrogen) atoms. The van der Waals surface area contributed by atoms with Gasteiger partial charge in [-0.1, -0.05) is 34.8 Å². The van der Waals surface area contributed by atoms with Gasteiger partial charge in [-0.25, -0.2) is 0 Å². The average molecular weight is 310 g/mol. The van der Waals surface area contributed by atoms with Crippen LogP contribution in [0.3, 0.4) is 0 Å². The molecule has 0 spiro atoms. The molecular formula is C8H11Cl3O6. The van der Waals surface area contributed by atoms with E-state index in [0.717, 1.165) is 0 Å². The van der Waals surface area contributed by atoms with Crippen LogP contribution in [0, 0.1) is 0 Å². The normalized spacial score (nSPS) is 43.8. The standard InChI is InChI=1S/C8H11Cl3O6/c9-8(10,11)7-16-5-3(14)4(2(13)1-12)15-6(5)17-7/h2-7,12-14H,1H2/t2-,3-,4-,5-,6-,7+/m1/s1. The lowest BCUT2D eigenvalue weighted by molar-refractivity contribution is -0.188. The van der Waals surface area contributed by atoms with Gasteiger partial charge in [0.2, 0.25) is 10.1 Å². The summed E-state index contributed by atoms with van der Waals surface area (Å²) in [5.41, 5.74) is 0. The monoisotopic (exact) mass is 308 g/mol. The Labute approximate surface area is 112 Å². The summed E-state index contributed by atoms with van der Waals surface area (Å²) in [6.07, 6.45) is -6.33. The maximum atomic E-state index is 9.81. The molecule has 3 N–H and O–H groups in total. The number of halogens is 3. The largest absolute Gasteiger partial charge is 0.394 e. The number of aliphatic hydroxyl groups is 3. The van der Waals surface area contributed by atoms with Gasteiger partial charge in [-0.2, -0.15) is 0 Å². The Kier molecular flexibility index (Phi) is 4.10. The highest BCUT2D eigenvalue weighted by molar-refractivity contribution is 6.67. The van der Waals surface area contributed by atoms with E-state index in [2.05, 4.69) is 0 Å². The molecule has 0 unspecified atom stereocenters. The molecule has 0 bridgehead atoms. The van der Waals surface area contributed by atoms with Crippen molar-refractivity contribution >= 4 is 34.8 Å². The molecule has 0 aromatic rings.